The second-order valence-electron chi connectivity index (χ2n) is 4.77. The molecule has 3 nitrogen and oxygen atoms in total. The van der Waals surface area contributed by atoms with Crippen LogP contribution in [0.2, 0.25) is 0 Å². The van der Waals surface area contributed by atoms with Gasteiger partial charge in [-0.1, -0.05) is 30.3 Å². The molecule has 1 heterocycles. The molecule has 1 aromatic heterocycles. The predicted molar refractivity (Wildman–Crippen MR) is 79.9 cm³/mol. The molecule has 3 aromatic rings. The molecule has 3 rings (SSSR count). The number of rotatable bonds is 5. The third kappa shape index (κ3) is 2.90. The average Bonchev–Trinajstić information content (AvgIpc) is 2.93. The second-order valence-corrected chi connectivity index (χ2v) is 4.77. The third-order valence-corrected chi connectivity index (χ3v) is 3.38. The Morgan fingerprint density at radius 2 is 1.90 bits per heavy atom. The van der Waals surface area contributed by atoms with Gasteiger partial charge in [-0.25, -0.2) is 4.39 Å². The minimum absolute atomic E-state index is 0.142. The van der Waals surface area contributed by atoms with Crippen molar-refractivity contribution in [1.29, 1.82) is 0 Å². The van der Waals surface area contributed by atoms with E-state index in [9.17, 15) is 4.39 Å². The van der Waals surface area contributed by atoms with E-state index >= 15 is 0 Å². The van der Waals surface area contributed by atoms with E-state index in [4.69, 9.17) is 9.15 Å². The highest BCUT2D eigenvalue weighted by atomic mass is 19.1. The van der Waals surface area contributed by atoms with Crippen LogP contribution in [-0.4, -0.2) is 13.7 Å². The molecule has 1 atom stereocenters. The molecular weight excluding hydrogens is 269 g/mol. The van der Waals surface area contributed by atoms with E-state index in [1.165, 1.54) is 6.07 Å². The van der Waals surface area contributed by atoms with Gasteiger partial charge in [-0.05, 0) is 31.3 Å². The van der Waals surface area contributed by atoms with Gasteiger partial charge < -0.3 is 14.5 Å². The van der Waals surface area contributed by atoms with Gasteiger partial charge in [0.2, 0.25) is 0 Å². The molecule has 0 spiro atoms. The Labute approximate surface area is 122 Å². The number of para-hydroxylation sites is 2. The molecule has 0 aliphatic carbocycles. The van der Waals surface area contributed by atoms with Crippen LogP contribution in [0.5, 0.6) is 5.75 Å². The predicted octanol–water partition coefficient (Wildman–Crippen LogP) is 3.91. The normalized spacial score (nSPS) is 12.5. The quantitative estimate of drug-likeness (QED) is 0.771. The number of halogens is 1. The largest absolute Gasteiger partial charge is 0.488 e. The first-order valence-electron chi connectivity index (χ1n) is 6.81. The number of ether oxygens (including phenoxy) is 1. The van der Waals surface area contributed by atoms with E-state index in [1.807, 2.05) is 37.4 Å². The van der Waals surface area contributed by atoms with Crippen molar-refractivity contribution >= 4 is 11.0 Å². The maximum atomic E-state index is 13.5. The SMILES string of the molecule is CNC(COc1ccccc1F)c1cc2ccccc2o1. The highest BCUT2D eigenvalue weighted by molar-refractivity contribution is 5.77. The fraction of sp³-hybridized carbons (Fsp3) is 0.176. The molecule has 0 bridgehead atoms. The van der Waals surface area contributed by atoms with Gasteiger partial charge in [-0.15, -0.1) is 0 Å². The Morgan fingerprint density at radius 3 is 2.67 bits per heavy atom. The molecule has 21 heavy (non-hydrogen) atoms. The van der Waals surface area contributed by atoms with E-state index < -0.39 is 0 Å². The molecule has 0 saturated carbocycles. The van der Waals surface area contributed by atoms with Crippen LogP contribution in [-0.2, 0) is 0 Å². The zero-order chi connectivity index (χ0) is 14.7. The molecule has 1 N–H and O–H groups in total. The molecule has 2 aromatic carbocycles. The highest BCUT2D eigenvalue weighted by Crippen LogP contribution is 2.25. The molecular formula is C17H16FNO2. The van der Waals surface area contributed by atoms with Crippen LogP contribution in [0.4, 0.5) is 4.39 Å². The first-order valence-corrected chi connectivity index (χ1v) is 6.81. The lowest BCUT2D eigenvalue weighted by molar-refractivity contribution is 0.246. The summed E-state index contributed by atoms with van der Waals surface area (Å²) in [4.78, 5) is 0. The Morgan fingerprint density at radius 1 is 1.14 bits per heavy atom. The van der Waals surface area contributed by atoms with Crippen molar-refractivity contribution in [3.63, 3.8) is 0 Å². The number of nitrogens with one attached hydrogen (secondary N) is 1. The number of fused-ring (bicyclic) bond motifs is 1. The van der Waals surface area contributed by atoms with Crippen LogP contribution in [0, 0.1) is 5.82 Å². The summed E-state index contributed by atoms with van der Waals surface area (Å²) in [6, 6.07) is 16.0. The van der Waals surface area contributed by atoms with Crippen molar-refractivity contribution in [2.24, 2.45) is 0 Å². The number of furan rings is 1. The summed E-state index contributed by atoms with van der Waals surface area (Å²) in [6.45, 7) is 0.289. The molecule has 4 heteroatoms. The fourth-order valence-corrected chi connectivity index (χ4v) is 2.22. The van der Waals surface area contributed by atoms with E-state index in [1.54, 1.807) is 18.2 Å². The maximum absolute atomic E-state index is 13.5. The molecule has 1 unspecified atom stereocenters. The van der Waals surface area contributed by atoms with Crippen molar-refractivity contribution in [3.8, 4) is 5.75 Å². The average molecular weight is 285 g/mol. The van der Waals surface area contributed by atoms with Crippen LogP contribution in [0.1, 0.15) is 11.8 Å². The van der Waals surface area contributed by atoms with Crippen molar-refractivity contribution < 1.29 is 13.5 Å². The summed E-state index contributed by atoms with van der Waals surface area (Å²) < 4.78 is 24.9. The fourth-order valence-electron chi connectivity index (χ4n) is 2.22. The summed E-state index contributed by atoms with van der Waals surface area (Å²) in [7, 11) is 1.82. The molecule has 0 radical (unpaired) electrons. The summed E-state index contributed by atoms with van der Waals surface area (Å²) in [5.74, 6) is 0.654. The lowest BCUT2D eigenvalue weighted by Crippen LogP contribution is -2.23. The van der Waals surface area contributed by atoms with Gasteiger partial charge in [0.05, 0.1) is 6.04 Å². The van der Waals surface area contributed by atoms with Crippen molar-refractivity contribution in [2.45, 2.75) is 6.04 Å². The summed E-state index contributed by atoms with van der Waals surface area (Å²) in [6.07, 6.45) is 0. The molecule has 0 fully saturated rings. The van der Waals surface area contributed by atoms with Crippen LogP contribution >= 0.6 is 0 Å². The molecule has 0 amide bonds. The maximum Gasteiger partial charge on any atom is 0.165 e. The third-order valence-electron chi connectivity index (χ3n) is 3.38. The zero-order valence-electron chi connectivity index (χ0n) is 11.7. The van der Waals surface area contributed by atoms with Crippen molar-refractivity contribution in [2.75, 3.05) is 13.7 Å². The van der Waals surface area contributed by atoms with E-state index in [0.29, 0.717) is 0 Å². The first kappa shape index (κ1) is 13.6. The topological polar surface area (TPSA) is 34.4 Å². The molecule has 0 aliphatic heterocycles. The summed E-state index contributed by atoms with van der Waals surface area (Å²) in [5, 5.41) is 4.17. The zero-order valence-corrected chi connectivity index (χ0v) is 11.7. The Hall–Kier alpha value is -2.33. The molecule has 0 saturated heterocycles. The Balaban J connectivity index is 1.77. The first-order chi connectivity index (χ1) is 10.3. The van der Waals surface area contributed by atoms with Gasteiger partial charge in [0.25, 0.3) is 0 Å². The van der Waals surface area contributed by atoms with Gasteiger partial charge in [0.15, 0.2) is 11.6 Å². The molecule has 0 aliphatic rings. The number of hydrogen-bond acceptors (Lipinski definition) is 3. The van der Waals surface area contributed by atoms with E-state index in [0.717, 1.165) is 16.7 Å². The number of hydrogen-bond donors (Lipinski definition) is 1. The van der Waals surface area contributed by atoms with Gasteiger partial charge in [0, 0.05) is 5.39 Å². The smallest absolute Gasteiger partial charge is 0.165 e. The minimum atomic E-state index is -0.364. The lowest BCUT2D eigenvalue weighted by Gasteiger charge is -2.15. The lowest BCUT2D eigenvalue weighted by atomic mass is 10.2. The summed E-state index contributed by atoms with van der Waals surface area (Å²) >= 11 is 0. The molecule has 108 valence electrons. The van der Waals surface area contributed by atoms with Gasteiger partial charge in [0.1, 0.15) is 18.0 Å². The Kier molecular flexibility index (Phi) is 3.88. The number of likely N-dealkylation sites (N-methyl/N-ethyl adjacent to an activating group) is 1. The van der Waals surface area contributed by atoms with Gasteiger partial charge in [-0.2, -0.15) is 0 Å². The van der Waals surface area contributed by atoms with Crippen LogP contribution < -0.4 is 10.1 Å². The van der Waals surface area contributed by atoms with Crippen molar-refractivity contribution in [1.82, 2.24) is 5.32 Å². The summed E-state index contributed by atoms with van der Waals surface area (Å²) in [5.41, 5.74) is 0.832. The van der Waals surface area contributed by atoms with Gasteiger partial charge in [-0.3, -0.25) is 0 Å². The van der Waals surface area contributed by atoms with Crippen LogP contribution in [0.3, 0.4) is 0 Å². The van der Waals surface area contributed by atoms with Crippen molar-refractivity contribution in [3.05, 3.63) is 66.2 Å². The van der Waals surface area contributed by atoms with Crippen LogP contribution in [0.15, 0.2) is 59.0 Å². The standard InChI is InChI=1S/C17H16FNO2/c1-19-14(11-20-16-9-5-3-7-13(16)18)17-10-12-6-2-4-8-15(12)21-17/h2-10,14,19H,11H2,1H3. The monoisotopic (exact) mass is 285 g/mol. The minimum Gasteiger partial charge on any atom is -0.488 e. The van der Waals surface area contributed by atoms with E-state index in [2.05, 4.69) is 5.32 Å². The highest BCUT2D eigenvalue weighted by Gasteiger charge is 2.16. The number of benzene rings is 2. The second kappa shape index (κ2) is 5.97. The van der Waals surface area contributed by atoms with Crippen LogP contribution in [0.25, 0.3) is 11.0 Å². The Bertz CT molecular complexity index is 705. The van der Waals surface area contributed by atoms with E-state index in [-0.39, 0.29) is 24.2 Å². The van der Waals surface area contributed by atoms with Gasteiger partial charge >= 0.3 is 0 Å².